The minimum Gasteiger partial charge on any atom is -0.423 e. The second kappa shape index (κ2) is 7.20. The van der Waals surface area contributed by atoms with Gasteiger partial charge in [-0.15, -0.1) is 0 Å². The molecular weight excluding hydrogens is 326 g/mol. The first-order valence-electron chi connectivity index (χ1n) is 9.13. The number of nitrogens with zero attached hydrogens (tertiary/aromatic N) is 2. The van der Waals surface area contributed by atoms with Crippen molar-refractivity contribution in [1.82, 2.24) is 10.3 Å². The Morgan fingerprint density at radius 3 is 3.00 bits per heavy atom. The molecule has 0 bridgehead atoms. The molecule has 1 saturated heterocycles. The van der Waals surface area contributed by atoms with Crippen molar-refractivity contribution in [2.24, 2.45) is 0 Å². The van der Waals surface area contributed by atoms with Crippen LogP contribution in [-0.4, -0.2) is 30.0 Å². The van der Waals surface area contributed by atoms with Gasteiger partial charge in [-0.3, -0.25) is 4.79 Å². The molecule has 2 heterocycles. The fraction of sp³-hybridized carbons (Fsp3) is 0.333. The minimum atomic E-state index is 0.0556. The quantitative estimate of drug-likeness (QED) is 0.766. The number of hydrogen-bond acceptors (Lipinski definition) is 4. The molecule has 0 spiro atoms. The summed E-state index contributed by atoms with van der Waals surface area (Å²) in [5.74, 6) is 0.0556. The SMILES string of the molecule is Cc1cccc(CC(=O)NCC2CCCN2c2nc3ccccc3o2)c1. The number of fused-ring (bicyclic) bond motifs is 1. The van der Waals surface area contributed by atoms with Gasteiger partial charge in [-0.2, -0.15) is 4.98 Å². The van der Waals surface area contributed by atoms with Gasteiger partial charge in [0.2, 0.25) is 5.91 Å². The van der Waals surface area contributed by atoms with E-state index in [1.54, 1.807) is 0 Å². The molecule has 1 fully saturated rings. The number of rotatable bonds is 5. The van der Waals surface area contributed by atoms with Gasteiger partial charge in [-0.1, -0.05) is 42.0 Å². The molecule has 1 aliphatic rings. The molecule has 1 amide bonds. The average molecular weight is 349 g/mol. The van der Waals surface area contributed by atoms with Gasteiger partial charge in [0, 0.05) is 13.1 Å². The van der Waals surface area contributed by atoms with Crippen molar-refractivity contribution in [3.63, 3.8) is 0 Å². The van der Waals surface area contributed by atoms with Gasteiger partial charge in [0.05, 0.1) is 12.5 Å². The number of carbonyl (C=O) groups excluding carboxylic acids is 1. The van der Waals surface area contributed by atoms with Crippen molar-refractivity contribution in [3.8, 4) is 0 Å². The number of aryl methyl sites for hydroxylation is 1. The van der Waals surface area contributed by atoms with E-state index in [-0.39, 0.29) is 11.9 Å². The monoisotopic (exact) mass is 349 g/mol. The number of anilines is 1. The molecule has 5 heteroatoms. The second-order valence-electron chi connectivity index (χ2n) is 6.92. The van der Waals surface area contributed by atoms with Crippen LogP contribution in [-0.2, 0) is 11.2 Å². The summed E-state index contributed by atoms with van der Waals surface area (Å²) < 4.78 is 5.90. The predicted octanol–water partition coefficient (Wildman–Crippen LogP) is 3.46. The van der Waals surface area contributed by atoms with Crippen molar-refractivity contribution >= 4 is 23.0 Å². The van der Waals surface area contributed by atoms with Gasteiger partial charge in [0.1, 0.15) is 5.52 Å². The summed E-state index contributed by atoms with van der Waals surface area (Å²) in [6, 6.07) is 16.8. The van der Waals surface area contributed by atoms with Crippen LogP contribution in [0.25, 0.3) is 11.1 Å². The van der Waals surface area contributed by atoms with E-state index in [2.05, 4.69) is 21.3 Å². The lowest BCUT2D eigenvalue weighted by Gasteiger charge is -2.23. The van der Waals surface area contributed by atoms with Gasteiger partial charge in [-0.05, 0) is 37.5 Å². The Hall–Kier alpha value is -2.82. The molecule has 1 unspecified atom stereocenters. The maximum atomic E-state index is 12.3. The van der Waals surface area contributed by atoms with Gasteiger partial charge >= 0.3 is 0 Å². The number of nitrogens with one attached hydrogen (secondary N) is 1. The Balaban J connectivity index is 1.38. The van der Waals surface area contributed by atoms with E-state index in [1.807, 2.05) is 49.4 Å². The number of amides is 1. The molecule has 26 heavy (non-hydrogen) atoms. The summed E-state index contributed by atoms with van der Waals surface area (Å²) >= 11 is 0. The van der Waals surface area contributed by atoms with Crippen LogP contribution in [0.4, 0.5) is 6.01 Å². The second-order valence-corrected chi connectivity index (χ2v) is 6.92. The van der Waals surface area contributed by atoms with E-state index in [0.717, 1.165) is 36.0 Å². The first kappa shape index (κ1) is 16.6. The highest BCUT2D eigenvalue weighted by Gasteiger charge is 2.28. The van der Waals surface area contributed by atoms with Crippen LogP contribution in [0.15, 0.2) is 52.9 Å². The van der Waals surface area contributed by atoms with Crippen LogP contribution >= 0.6 is 0 Å². The van der Waals surface area contributed by atoms with E-state index < -0.39 is 0 Å². The van der Waals surface area contributed by atoms with Gasteiger partial charge in [-0.25, -0.2) is 0 Å². The Kier molecular flexibility index (Phi) is 4.61. The Morgan fingerprint density at radius 1 is 1.27 bits per heavy atom. The van der Waals surface area contributed by atoms with Crippen LogP contribution in [0.5, 0.6) is 0 Å². The molecular formula is C21H23N3O2. The first-order valence-corrected chi connectivity index (χ1v) is 9.13. The standard InChI is InChI=1S/C21H23N3O2/c1-15-6-4-7-16(12-15)13-20(25)22-14-17-8-5-11-24(17)21-23-18-9-2-3-10-19(18)26-21/h2-4,6-7,9-10,12,17H,5,8,11,13-14H2,1H3,(H,22,25). The molecule has 0 saturated carbocycles. The van der Waals surface area contributed by atoms with E-state index in [9.17, 15) is 4.79 Å². The molecule has 1 aliphatic heterocycles. The number of aromatic nitrogens is 1. The van der Waals surface area contributed by atoms with E-state index in [0.29, 0.717) is 19.0 Å². The maximum Gasteiger partial charge on any atom is 0.298 e. The highest BCUT2D eigenvalue weighted by Crippen LogP contribution is 2.27. The van der Waals surface area contributed by atoms with Crippen LogP contribution in [0, 0.1) is 6.92 Å². The van der Waals surface area contributed by atoms with E-state index in [4.69, 9.17) is 4.42 Å². The van der Waals surface area contributed by atoms with Gasteiger partial charge in [0.15, 0.2) is 5.58 Å². The van der Waals surface area contributed by atoms with Crippen LogP contribution < -0.4 is 10.2 Å². The average Bonchev–Trinajstić information content (AvgIpc) is 3.26. The van der Waals surface area contributed by atoms with Crippen molar-refractivity contribution < 1.29 is 9.21 Å². The van der Waals surface area contributed by atoms with Crippen LogP contribution in [0.3, 0.4) is 0 Å². The Labute approximate surface area is 153 Å². The highest BCUT2D eigenvalue weighted by atomic mass is 16.4. The molecule has 5 nitrogen and oxygen atoms in total. The number of carbonyl (C=O) groups is 1. The Bertz CT molecular complexity index is 885. The van der Waals surface area contributed by atoms with Crippen LogP contribution in [0.2, 0.25) is 0 Å². The number of para-hydroxylation sites is 2. The molecule has 2 aromatic carbocycles. The third-order valence-electron chi connectivity index (χ3n) is 4.89. The zero-order chi connectivity index (χ0) is 17.9. The highest BCUT2D eigenvalue weighted by molar-refractivity contribution is 5.78. The molecule has 3 aromatic rings. The molecule has 1 N–H and O–H groups in total. The third-order valence-corrected chi connectivity index (χ3v) is 4.89. The van der Waals surface area contributed by atoms with Crippen molar-refractivity contribution in [2.75, 3.05) is 18.0 Å². The van der Waals surface area contributed by atoms with Gasteiger partial charge < -0.3 is 14.6 Å². The molecule has 4 rings (SSSR count). The normalized spacial score (nSPS) is 17.0. The lowest BCUT2D eigenvalue weighted by molar-refractivity contribution is -0.120. The minimum absolute atomic E-state index is 0.0556. The largest absolute Gasteiger partial charge is 0.423 e. The summed E-state index contributed by atoms with van der Waals surface area (Å²) in [4.78, 5) is 19.1. The van der Waals surface area contributed by atoms with E-state index in [1.165, 1.54) is 5.56 Å². The summed E-state index contributed by atoms with van der Waals surface area (Å²) in [5.41, 5.74) is 3.89. The molecule has 0 radical (unpaired) electrons. The van der Waals surface area contributed by atoms with Crippen molar-refractivity contribution in [1.29, 1.82) is 0 Å². The van der Waals surface area contributed by atoms with Gasteiger partial charge in [0.25, 0.3) is 6.01 Å². The lowest BCUT2D eigenvalue weighted by Crippen LogP contribution is -2.40. The first-order chi connectivity index (χ1) is 12.7. The lowest BCUT2D eigenvalue weighted by atomic mass is 10.1. The maximum absolute atomic E-state index is 12.3. The number of hydrogen-bond donors (Lipinski definition) is 1. The smallest absolute Gasteiger partial charge is 0.298 e. The summed E-state index contributed by atoms with van der Waals surface area (Å²) in [6.45, 7) is 3.56. The van der Waals surface area contributed by atoms with Crippen molar-refractivity contribution in [2.45, 2.75) is 32.2 Å². The fourth-order valence-corrected chi connectivity index (χ4v) is 3.58. The molecule has 1 atom stereocenters. The zero-order valence-corrected chi connectivity index (χ0v) is 14.9. The van der Waals surface area contributed by atoms with Crippen molar-refractivity contribution in [3.05, 3.63) is 59.7 Å². The number of oxazole rings is 1. The summed E-state index contributed by atoms with van der Waals surface area (Å²) in [6.07, 6.45) is 2.53. The fourth-order valence-electron chi connectivity index (χ4n) is 3.58. The van der Waals surface area contributed by atoms with Crippen LogP contribution in [0.1, 0.15) is 24.0 Å². The van der Waals surface area contributed by atoms with E-state index >= 15 is 0 Å². The topological polar surface area (TPSA) is 58.4 Å². The zero-order valence-electron chi connectivity index (χ0n) is 14.9. The molecule has 134 valence electrons. The number of benzene rings is 2. The summed E-state index contributed by atoms with van der Waals surface area (Å²) in [7, 11) is 0. The molecule has 0 aliphatic carbocycles. The molecule has 1 aromatic heterocycles. The predicted molar refractivity (Wildman–Crippen MR) is 102 cm³/mol. The third kappa shape index (κ3) is 3.57. The summed E-state index contributed by atoms with van der Waals surface area (Å²) in [5, 5.41) is 3.08. The Morgan fingerprint density at radius 2 is 2.15 bits per heavy atom.